The molecule has 4 nitrogen and oxygen atoms in total. The largest absolute Gasteiger partial charge is 0.388 e. The average molecular weight is 294 g/mol. The van der Waals surface area contributed by atoms with Gasteiger partial charge >= 0.3 is 0 Å². The smallest absolute Gasteiger partial charge is 0.261 e. The third-order valence-corrected chi connectivity index (χ3v) is 4.26. The number of nitrogens with one attached hydrogen (secondary N) is 2. The lowest BCUT2D eigenvalue weighted by Crippen LogP contribution is -2.13. The molecule has 0 heterocycles. The summed E-state index contributed by atoms with van der Waals surface area (Å²) in [5.41, 5.74) is 1.70. The molecular weight excluding hydrogens is 279 g/mol. The molecule has 2 aromatic rings. The van der Waals surface area contributed by atoms with Crippen molar-refractivity contribution >= 4 is 21.4 Å². The molecule has 0 bridgehead atoms. The van der Waals surface area contributed by atoms with Crippen molar-refractivity contribution in [2.75, 3.05) is 17.1 Å². The van der Waals surface area contributed by atoms with E-state index >= 15 is 0 Å². The van der Waals surface area contributed by atoms with Crippen molar-refractivity contribution in [3.8, 4) is 0 Å². The van der Waals surface area contributed by atoms with E-state index in [1.807, 2.05) is 0 Å². The van der Waals surface area contributed by atoms with Crippen molar-refractivity contribution in [1.29, 1.82) is 0 Å². The summed E-state index contributed by atoms with van der Waals surface area (Å²) < 4.78 is 40.1. The van der Waals surface area contributed by atoms with Crippen LogP contribution in [0.4, 0.5) is 15.8 Å². The monoisotopic (exact) mass is 294 g/mol. The van der Waals surface area contributed by atoms with Crippen LogP contribution in [0.2, 0.25) is 0 Å². The Hall–Kier alpha value is -2.08. The number of sulfonamides is 1. The first-order valence-electron chi connectivity index (χ1n) is 5.99. The van der Waals surface area contributed by atoms with E-state index in [0.29, 0.717) is 11.3 Å². The van der Waals surface area contributed by atoms with Crippen molar-refractivity contribution in [3.63, 3.8) is 0 Å². The molecule has 2 aromatic carbocycles. The minimum Gasteiger partial charge on any atom is -0.388 e. The Morgan fingerprint density at radius 3 is 2.15 bits per heavy atom. The van der Waals surface area contributed by atoms with E-state index in [4.69, 9.17) is 0 Å². The van der Waals surface area contributed by atoms with Gasteiger partial charge in [0.2, 0.25) is 0 Å². The molecular formula is C14H15FN2O2S. The molecule has 0 aliphatic heterocycles. The Kier molecular flexibility index (Phi) is 3.94. The van der Waals surface area contributed by atoms with Gasteiger partial charge in [0.1, 0.15) is 5.82 Å². The van der Waals surface area contributed by atoms with Crippen LogP contribution in [-0.2, 0) is 10.0 Å². The van der Waals surface area contributed by atoms with Crippen LogP contribution >= 0.6 is 0 Å². The Labute approximate surface area is 117 Å². The van der Waals surface area contributed by atoms with Crippen molar-refractivity contribution in [1.82, 2.24) is 0 Å². The molecule has 0 fully saturated rings. The predicted molar refractivity (Wildman–Crippen MR) is 77.9 cm³/mol. The zero-order valence-electron chi connectivity index (χ0n) is 11.1. The van der Waals surface area contributed by atoms with Crippen LogP contribution < -0.4 is 10.0 Å². The van der Waals surface area contributed by atoms with E-state index in [-0.39, 0.29) is 4.90 Å². The summed E-state index contributed by atoms with van der Waals surface area (Å²) in [6.07, 6.45) is 0. The van der Waals surface area contributed by atoms with Gasteiger partial charge < -0.3 is 5.32 Å². The topological polar surface area (TPSA) is 58.2 Å². The minimum atomic E-state index is -3.78. The Morgan fingerprint density at radius 2 is 1.60 bits per heavy atom. The first-order valence-corrected chi connectivity index (χ1v) is 7.47. The summed E-state index contributed by atoms with van der Waals surface area (Å²) in [6.45, 7) is 1.58. The molecule has 2 rings (SSSR count). The lowest BCUT2D eigenvalue weighted by atomic mass is 10.2. The maximum atomic E-state index is 13.4. The molecule has 0 aliphatic rings. The molecule has 0 amide bonds. The normalized spacial score (nSPS) is 11.2. The Morgan fingerprint density at radius 1 is 1.00 bits per heavy atom. The summed E-state index contributed by atoms with van der Waals surface area (Å²) in [6, 6.07) is 10.6. The molecule has 20 heavy (non-hydrogen) atoms. The fourth-order valence-corrected chi connectivity index (χ4v) is 2.73. The van der Waals surface area contributed by atoms with E-state index in [2.05, 4.69) is 10.0 Å². The van der Waals surface area contributed by atoms with E-state index in [0.717, 1.165) is 11.8 Å². The first kappa shape index (κ1) is 14.3. The summed E-state index contributed by atoms with van der Waals surface area (Å²) in [5, 5.41) is 2.94. The van der Waals surface area contributed by atoms with Gasteiger partial charge in [0.15, 0.2) is 0 Å². The van der Waals surface area contributed by atoms with Crippen molar-refractivity contribution in [3.05, 3.63) is 53.8 Å². The molecule has 0 aromatic heterocycles. The third kappa shape index (κ3) is 3.08. The standard InChI is InChI=1S/C14H15FN2O2S/c1-10-3-8-13(9-14(10)15)20(18,19)17-12-6-4-11(16-2)5-7-12/h3-9,16-17H,1-2H3. The zero-order valence-corrected chi connectivity index (χ0v) is 12.0. The van der Waals surface area contributed by atoms with Crippen LogP contribution in [0.25, 0.3) is 0 Å². The van der Waals surface area contributed by atoms with Crippen LogP contribution in [0, 0.1) is 12.7 Å². The molecule has 0 unspecified atom stereocenters. The average Bonchev–Trinajstić information content (AvgIpc) is 2.42. The van der Waals surface area contributed by atoms with Gasteiger partial charge in [-0.1, -0.05) is 6.07 Å². The Balaban J connectivity index is 2.27. The highest BCUT2D eigenvalue weighted by Gasteiger charge is 2.15. The van der Waals surface area contributed by atoms with E-state index < -0.39 is 15.8 Å². The quantitative estimate of drug-likeness (QED) is 0.911. The Bertz CT molecular complexity index is 712. The highest BCUT2D eigenvalue weighted by Crippen LogP contribution is 2.19. The molecule has 0 radical (unpaired) electrons. The highest BCUT2D eigenvalue weighted by atomic mass is 32.2. The highest BCUT2D eigenvalue weighted by molar-refractivity contribution is 7.92. The van der Waals surface area contributed by atoms with Gasteiger partial charge in [-0.05, 0) is 48.9 Å². The van der Waals surface area contributed by atoms with Gasteiger partial charge in [-0.2, -0.15) is 0 Å². The molecule has 0 saturated carbocycles. The maximum absolute atomic E-state index is 13.4. The second kappa shape index (κ2) is 5.50. The number of hydrogen-bond donors (Lipinski definition) is 2. The number of aryl methyl sites for hydroxylation is 1. The third-order valence-electron chi connectivity index (χ3n) is 2.88. The van der Waals surface area contributed by atoms with Crippen LogP contribution in [0.1, 0.15) is 5.56 Å². The number of benzene rings is 2. The van der Waals surface area contributed by atoms with Crippen LogP contribution in [0.5, 0.6) is 0 Å². The molecule has 0 saturated heterocycles. The summed E-state index contributed by atoms with van der Waals surface area (Å²) in [4.78, 5) is -0.0988. The van der Waals surface area contributed by atoms with Gasteiger partial charge in [0, 0.05) is 18.4 Å². The molecule has 106 valence electrons. The molecule has 2 N–H and O–H groups in total. The fourth-order valence-electron chi connectivity index (χ4n) is 1.66. The van der Waals surface area contributed by atoms with Crippen molar-refractivity contribution in [2.45, 2.75) is 11.8 Å². The first-order chi connectivity index (χ1) is 9.42. The predicted octanol–water partition coefficient (Wildman–Crippen LogP) is 2.98. The number of rotatable bonds is 4. The van der Waals surface area contributed by atoms with Gasteiger partial charge in [-0.15, -0.1) is 0 Å². The maximum Gasteiger partial charge on any atom is 0.261 e. The number of halogens is 1. The lowest BCUT2D eigenvalue weighted by molar-refractivity contribution is 0.593. The second-order valence-corrected chi connectivity index (χ2v) is 6.03. The van der Waals surface area contributed by atoms with E-state index in [9.17, 15) is 12.8 Å². The SMILES string of the molecule is CNc1ccc(NS(=O)(=O)c2ccc(C)c(F)c2)cc1. The lowest BCUT2D eigenvalue weighted by Gasteiger charge is -2.09. The van der Waals surface area contributed by atoms with Crippen molar-refractivity contribution in [2.24, 2.45) is 0 Å². The van der Waals surface area contributed by atoms with Crippen LogP contribution in [0.15, 0.2) is 47.4 Å². The number of hydrogen-bond acceptors (Lipinski definition) is 3. The minimum absolute atomic E-state index is 0.0988. The molecule has 0 spiro atoms. The van der Waals surface area contributed by atoms with Crippen LogP contribution in [0.3, 0.4) is 0 Å². The summed E-state index contributed by atoms with van der Waals surface area (Å²) in [5.74, 6) is -0.543. The van der Waals surface area contributed by atoms with Crippen molar-refractivity contribution < 1.29 is 12.8 Å². The van der Waals surface area contributed by atoms with E-state index in [1.165, 1.54) is 12.1 Å². The van der Waals surface area contributed by atoms with Gasteiger partial charge in [0.05, 0.1) is 4.90 Å². The zero-order chi connectivity index (χ0) is 14.8. The molecule has 0 aliphatic carbocycles. The molecule has 6 heteroatoms. The second-order valence-electron chi connectivity index (χ2n) is 4.34. The van der Waals surface area contributed by atoms with Gasteiger partial charge in [-0.25, -0.2) is 12.8 Å². The van der Waals surface area contributed by atoms with Crippen LogP contribution in [-0.4, -0.2) is 15.5 Å². The van der Waals surface area contributed by atoms with E-state index in [1.54, 1.807) is 38.2 Å². The number of anilines is 2. The van der Waals surface area contributed by atoms with Gasteiger partial charge in [-0.3, -0.25) is 4.72 Å². The molecule has 0 atom stereocenters. The van der Waals surface area contributed by atoms with Gasteiger partial charge in [0.25, 0.3) is 10.0 Å². The summed E-state index contributed by atoms with van der Waals surface area (Å²) in [7, 11) is -2.01. The fraction of sp³-hybridized carbons (Fsp3) is 0.143. The summed E-state index contributed by atoms with van der Waals surface area (Å²) >= 11 is 0.